The molecule has 2 rings (SSSR count). The lowest BCUT2D eigenvalue weighted by Crippen LogP contribution is -2.28. The van der Waals surface area contributed by atoms with Crippen LogP contribution in [0.2, 0.25) is 0 Å². The summed E-state index contributed by atoms with van der Waals surface area (Å²) in [4.78, 5) is 8.10. The minimum Gasteiger partial charge on any atom is -0.618 e. The number of pyridine rings is 1. The van der Waals surface area contributed by atoms with Gasteiger partial charge in [-0.05, 0) is 12.8 Å². The third-order valence-corrected chi connectivity index (χ3v) is 3.33. The number of rotatable bonds is 3. The van der Waals surface area contributed by atoms with E-state index < -0.39 is 0 Å². The number of aromatic nitrogens is 3. The first-order valence-corrected chi connectivity index (χ1v) is 6.87. The summed E-state index contributed by atoms with van der Waals surface area (Å²) in [7, 11) is 0. The summed E-state index contributed by atoms with van der Waals surface area (Å²) in [6.07, 6.45) is 3.00. The van der Waals surface area contributed by atoms with Crippen molar-refractivity contribution in [3.8, 4) is 11.5 Å². The van der Waals surface area contributed by atoms with Gasteiger partial charge in [0.2, 0.25) is 0 Å². The highest BCUT2D eigenvalue weighted by molar-refractivity contribution is 9.10. The molecule has 2 heterocycles. The first-order valence-electron chi connectivity index (χ1n) is 6.08. The van der Waals surface area contributed by atoms with E-state index in [1.807, 2.05) is 13.8 Å². The highest BCUT2D eigenvalue weighted by Crippen LogP contribution is 2.32. The van der Waals surface area contributed by atoms with Crippen molar-refractivity contribution >= 4 is 21.7 Å². The molecule has 0 aliphatic rings. The number of nitrogens with two attached hydrogens (primary N) is 1. The van der Waals surface area contributed by atoms with Gasteiger partial charge in [-0.2, -0.15) is 4.73 Å². The summed E-state index contributed by atoms with van der Waals surface area (Å²) in [5.41, 5.74) is 6.59. The molecular weight excluding hydrogens is 324 g/mol. The molecule has 106 valence electrons. The largest absolute Gasteiger partial charge is 0.618 e. The Balaban J connectivity index is 2.44. The van der Waals surface area contributed by atoms with E-state index in [1.165, 1.54) is 12.4 Å². The summed E-state index contributed by atoms with van der Waals surface area (Å²) in [6.45, 7) is 5.70. The Labute approximate surface area is 125 Å². The van der Waals surface area contributed by atoms with Crippen molar-refractivity contribution in [1.82, 2.24) is 9.97 Å². The van der Waals surface area contributed by atoms with Gasteiger partial charge in [0, 0.05) is 15.9 Å². The molecule has 0 saturated heterocycles. The zero-order chi connectivity index (χ0) is 14.9. The lowest BCUT2D eigenvalue weighted by Gasteiger charge is -2.14. The van der Waals surface area contributed by atoms with Crippen molar-refractivity contribution in [3.05, 3.63) is 39.7 Å². The molecule has 2 aromatic heterocycles. The molecule has 2 N–H and O–H groups in total. The molecule has 0 aliphatic carbocycles. The minimum absolute atomic E-state index is 0.130. The van der Waals surface area contributed by atoms with Crippen molar-refractivity contribution in [2.45, 2.75) is 26.7 Å². The van der Waals surface area contributed by atoms with E-state index in [0.29, 0.717) is 21.9 Å². The Bertz CT molecular complexity index is 647. The van der Waals surface area contributed by atoms with Crippen LogP contribution in [0.15, 0.2) is 23.1 Å². The van der Waals surface area contributed by atoms with Gasteiger partial charge in [-0.25, -0.2) is 9.97 Å². The molecule has 0 atom stereocenters. The number of ether oxygens (including phenoxy) is 1. The molecule has 0 aromatic carbocycles. The smallest absolute Gasteiger partial charge is 0.262 e. The second-order valence-electron chi connectivity index (χ2n) is 4.67. The number of hydrogen-bond donors (Lipinski definition) is 1. The Morgan fingerprint density at radius 2 is 2.10 bits per heavy atom. The monoisotopic (exact) mass is 338 g/mol. The zero-order valence-corrected chi connectivity index (χ0v) is 13.0. The van der Waals surface area contributed by atoms with Gasteiger partial charge in [-0.1, -0.05) is 13.8 Å². The number of nitrogens with zero attached hydrogens (tertiary/aromatic N) is 3. The number of anilines is 1. The predicted octanol–water partition coefficient (Wildman–Crippen LogP) is 2.68. The molecule has 0 amide bonds. The van der Waals surface area contributed by atoms with Crippen LogP contribution in [0, 0.1) is 12.1 Å². The van der Waals surface area contributed by atoms with Crippen molar-refractivity contribution in [2.24, 2.45) is 0 Å². The molecule has 0 radical (unpaired) electrons. The van der Waals surface area contributed by atoms with Gasteiger partial charge in [0.1, 0.15) is 11.6 Å². The standard InChI is InChI=1S/C13H15BrN4O2/c1-7(2)9-6-18(19)12(14)4-10(9)20-11-5-16-8(3)17-13(11)15/h4-7H,1-3H3,(H2,15,16,17). The van der Waals surface area contributed by atoms with E-state index in [0.717, 1.165) is 10.3 Å². The van der Waals surface area contributed by atoms with E-state index in [1.54, 1.807) is 13.0 Å². The third-order valence-electron chi connectivity index (χ3n) is 2.75. The maximum atomic E-state index is 11.6. The molecule has 0 spiro atoms. The number of aryl methyl sites for hydroxylation is 1. The van der Waals surface area contributed by atoms with Gasteiger partial charge in [0.05, 0.1) is 17.8 Å². The SMILES string of the molecule is Cc1ncc(Oc2cc(Br)[n+]([O-])cc2C(C)C)c(N)n1. The fourth-order valence-electron chi connectivity index (χ4n) is 1.70. The predicted molar refractivity (Wildman–Crippen MR) is 78.4 cm³/mol. The van der Waals surface area contributed by atoms with Gasteiger partial charge >= 0.3 is 0 Å². The quantitative estimate of drug-likeness (QED) is 0.528. The first-order chi connectivity index (χ1) is 9.38. The normalized spacial score (nSPS) is 10.8. The summed E-state index contributed by atoms with van der Waals surface area (Å²) < 4.78 is 6.87. The van der Waals surface area contributed by atoms with Gasteiger partial charge in [-0.15, -0.1) is 0 Å². The molecular formula is C13H15BrN4O2. The highest BCUT2D eigenvalue weighted by atomic mass is 79.9. The van der Waals surface area contributed by atoms with E-state index in [9.17, 15) is 5.21 Å². The van der Waals surface area contributed by atoms with Crippen LogP contribution in [0.1, 0.15) is 31.2 Å². The van der Waals surface area contributed by atoms with Crippen molar-refractivity contribution in [1.29, 1.82) is 0 Å². The Hall–Kier alpha value is -1.89. The van der Waals surface area contributed by atoms with Gasteiger partial charge < -0.3 is 15.7 Å². The minimum atomic E-state index is 0.130. The van der Waals surface area contributed by atoms with E-state index in [-0.39, 0.29) is 11.7 Å². The molecule has 0 fully saturated rings. The zero-order valence-electron chi connectivity index (χ0n) is 11.4. The van der Waals surface area contributed by atoms with Crippen LogP contribution in [0.5, 0.6) is 11.5 Å². The van der Waals surface area contributed by atoms with Crippen LogP contribution in [0.4, 0.5) is 5.82 Å². The van der Waals surface area contributed by atoms with Crippen LogP contribution >= 0.6 is 15.9 Å². The number of hydrogen-bond acceptors (Lipinski definition) is 5. The Kier molecular flexibility index (Phi) is 4.08. The van der Waals surface area contributed by atoms with Crippen molar-refractivity contribution in [2.75, 3.05) is 5.73 Å². The molecule has 0 aliphatic heterocycles. The van der Waals surface area contributed by atoms with Gasteiger partial charge in [-0.3, -0.25) is 0 Å². The summed E-state index contributed by atoms with van der Waals surface area (Å²) in [5, 5.41) is 11.6. The lowest BCUT2D eigenvalue weighted by atomic mass is 10.1. The molecule has 20 heavy (non-hydrogen) atoms. The summed E-state index contributed by atoms with van der Waals surface area (Å²) >= 11 is 3.18. The second kappa shape index (κ2) is 5.62. The molecule has 2 aromatic rings. The average Bonchev–Trinajstić information content (AvgIpc) is 2.36. The fraction of sp³-hybridized carbons (Fsp3) is 0.308. The van der Waals surface area contributed by atoms with E-state index >= 15 is 0 Å². The molecule has 6 nitrogen and oxygen atoms in total. The first kappa shape index (κ1) is 14.5. The Morgan fingerprint density at radius 3 is 2.70 bits per heavy atom. The van der Waals surface area contributed by atoms with E-state index in [4.69, 9.17) is 10.5 Å². The van der Waals surface area contributed by atoms with Crippen LogP contribution < -0.4 is 15.2 Å². The fourth-order valence-corrected chi connectivity index (χ4v) is 2.01. The lowest BCUT2D eigenvalue weighted by molar-refractivity contribution is -0.617. The highest BCUT2D eigenvalue weighted by Gasteiger charge is 2.17. The topological polar surface area (TPSA) is 88.0 Å². The van der Waals surface area contributed by atoms with Crippen molar-refractivity contribution in [3.63, 3.8) is 0 Å². The Morgan fingerprint density at radius 1 is 1.40 bits per heavy atom. The van der Waals surface area contributed by atoms with Gasteiger partial charge in [0.15, 0.2) is 17.8 Å². The molecule has 0 unspecified atom stereocenters. The van der Waals surface area contributed by atoms with Crippen LogP contribution in [-0.2, 0) is 0 Å². The van der Waals surface area contributed by atoms with Crippen LogP contribution in [0.3, 0.4) is 0 Å². The summed E-state index contributed by atoms with van der Waals surface area (Å²) in [6, 6.07) is 1.61. The maximum Gasteiger partial charge on any atom is 0.262 e. The summed E-state index contributed by atoms with van der Waals surface area (Å²) in [5.74, 6) is 1.89. The van der Waals surface area contributed by atoms with Crippen LogP contribution in [-0.4, -0.2) is 9.97 Å². The number of nitrogen functional groups attached to an aromatic ring is 1. The number of halogens is 1. The van der Waals surface area contributed by atoms with Crippen LogP contribution in [0.25, 0.3) is 0 Å². The average molecular weight is 339 g/mol. The van der Waals surface area contributed by atoms with Gasteiger partial charge in [0.25, 0.3) is 4.60 Å². The molecule has 7 heteroatoms. The third kappa shape index (κ3) is 2.98. The van der Waals surface area contributed by atoms with E-state index in [2.05, 4.69) is 25.9 Å². The maximum absolute atomic E-state index is 11.6. The molecule has 0 saturated carbocycles. The molecule has 0 bridgehead atoms. The van der Waals surface area contributed by atoms with Crippen molar-refractivity contribution < 1.29 is 9.47 Å². The second-order valence-corrected chi connectivity index (χ2v) is 5.48.